The maximum Gasteiger partial charge on any atom is 0.416 e. The largest absolute Gasteiger partial charge is 0.416 e. The highest BCUT2D eigenvalue weighted by Crippen LogP contribution is 2.36. The average Bonchev–Trinajstić information content (AvgIpc) is 2.98. The molecule has 1 N–H and O–H groups in total. The molecule has 1 aliphatic rings. The van der Waals surface area contributed by atoms with Gasteiger partial charge in [-0.15, -0.1) is 0 Å². The van der Waals surface area contributed by atoms with Crippen molar-refractivity contribution in [1.29, 1.82) is 0 Å². The Morgan fingerprint density at radius 2 is 1.61 bits per heavy atom. The molecule has 2 amide bonds. The van der Waals surface area contributed by atoms with E-state index >= 15 is 0 Å². The van der Waals surface area contributed by atoms with E-state index in [1.165, 1.54) is 36.2 Å². The van der Waals surface area contributed by atoms with Gasteiger partial charge >= 0.3 is 18.4 Å². The fourth-order valence-electron chi connectivity index (χ4n) is 3.76. The second-order valence-corrected chi connectivity index (χ2v) is 7.87. The van der Waals surface area contributed by atoms with Gasteiger partial charge in [0.05, 0.1) is 17.2 Å². The fraction of sp³-hybridized carbons (Fsp3) is 0.409. The number of amides is 2. The van der Waals surface area contributed by atoms with E-state index < -0.39 is 47.9 Å². The number of halogens is 7. The normalized spacial score (nSPS) is 17.6. The molecule has 3 rings (SSSR count). The summed E-state index contributed by atoms with van der Waals surface area (Å²) in [4.78, 5) is 15.7. The molecule has 2 aromatic carbocycles. The van der Waals surface area contributed by atoms with E-state index in [0.717, 1.165) is 4.90 Å². The van der Waals surface area contributed by atoms with Crippen molar-refractivity contribution in [2.45, 2.75) is 31.4 Å². The summed E-state index contributed by atoms with van der Waals surface area (Å²) in [5, 5.41) is 3.18. The summed E-state index contributed by atoms with van der Waals surface area (Å²) in [6.45, 7) is 0.848. The summed E-state index contributed by atoms with van der Waals surface area (Å²) in [6, 6.07) is 5.83. The number of hydrogen-bond donors (Lipinski definition) is 1. The van der Waals surface area contributed by atoms with Crippen molar-refractivity contribution < 1.29 is 35.5 Å². The first-order chi connectivity index (χ1) is 15.4. The van der Waals surface area contributed by atoms with Gasteiger partial charge in [0.1, 0.15) is 5.82 Å². The Labute approximate surface area is 186 Å². The minimum atomic E-state index is -4.97. The minimum Gasteiger partial charge on any atom is -0.323 e. The molecule has 1 saturated heterocycles. The van der Waals surface area contributed by atoms with Crippen LogP contribution in [0.2, 0.25) is 0 Å². The lowest BCUT2D eigenvalue weighted by Crippen LogP contribution is -2.44. The number of alkyl halides is 6. The summed E-state index contributed by atoms with van der Waals surface area (Å²) in [5.41, 5.74) is -2.50. The van der Waals surface area contributed by atoms with E-state index in [9.17, 15) is 35.5 Å². The smallest absolute Gasteiger partial charge is 0.323 e. The van der Waals surface area contributed by atoms with Gasteiger partial charge in [-0.1, -0.05) is 12.1 Å². The van der Waals surface area contributed by atoms with Gasteiger partial charge in [0, 0.05) is 26.7 Å². The molecule has 4 nitrogen and oxygen atoms in total. The third-order valence-electron chi connectivity index (χ3n) is 5.36. The Kier molecular flexibility index (Phi) is 7.20. The molecular formula is C22H22F7N3O. The van der Waals surface area contributed by atoms with Crippen molar-refractivity contribution in [1.82, 2.24) is 15.1 Å². The van der Waals surface area contributed by atoms with Gasteiger partial charge in [-0.3, -0.25) is 0 Å². The van der Waals surface area contributed by atoms with Crippen molar-refractivity contribution in [3.05, 3.63) is 70.5 Å². The highest BCUT2D eigenvalue weighted by molar-refractivity contribution is 5.75. The number of hydrogen-bond acceptors (Lipinski definition) is 2. The molecule has 0 spiro atoms. The van der Waals surface area contributed by atoms with Crippen LogP contribution in [0.3, 0.4) is 0 Å². The zero-order valence-electron chi connectivity index (χ0n) is 17.6. The first kappa shape index (κ1) is 24.8. The van der Waals surface area contributed by atoms with Crippen LogP contribution in [0, 0.1) is 5.82 Å². The first-order valence-electron chi connectivity index (χ1n) is 10.1. The quantitative estimate of drug-likeness (QED) is 0.597. The lowest BCUT2D eigenvalue weighted by Gasteiger charge is -2.34. The highest BCUT2D eigenvalue weighted by atomic mass is 19.4. The number of rotatable bonds is 3. The van der Waals surface area contributed by atoms with Crippen molar-refractivity contribution in [3.8, 4) is 0 Å². The van der Waals surface area contributed by atoms with Crippen LogP contribution < -0.4 is 5.32 Å². The average molecular weight is 477 g/mol. The molecule has 180 valence electrons. The Morgan fingerprint density at radius 1 is 1.03 bits per heavy atom. The monoisotopic (exact) mass is 477 g/mol. The topological polar surface area (TPSA) is 35.6 Å². The van der Waals surface area contributed by atoms with Crippen LogP contribution in [0.1, 0.15) is 34.7 Å². The van der Waals surface area contributed by atoms with Crippen LogP contribution in [0.4, 0.5) is 35.5 Å². The molecule has 1 aliphatic heterocycles. The summed E-state index contributed by atoms with van der Waals surface area (Å²) >= 11 is 0. The standard InChI is InChI=1S/C22H22F7N3O/c1-31(13-14-9-16(21(24,25)26)11-17(10-14)22(27,28)29)20(33)32-8-2-7-30-12-19(32)15-3-5-18(23)6-4-15/h3-6,9-11,19,30H,2,7-8,12-13H2,1H3. The van der Waals surface area contributed by atoms with E-state index in [1.54, 1.807) is 0 Å². The molecule has 0 saturated carbocycles. The van der Waals surface area contributed by atoms with Gasteiger partial charge in [-0.25, -0.2) is 9.18 Å². The zero-order chi connectivity index (χ0) is 24.4. The number of carbonyl (C=O) groups excluding carboxylic acids is 1. The summed E-state index contributed by atoms with van der Waals surface area (Å²) in [5.74, 6) is -0.444. The van der Waals surface area contributed by atoms with E-state index in [-0.39, 0.29) is 11.6 Å². The second-order valence-electron chi connectivity index (χ2n) is 7.87. The molecule has 0 radical (unpaired) electrons. The number of urea groups is 1. The number of nitrogens with one attached hydrogen (secondary N) is 1. The summed E-state index contributed by atoms with van der Waals surface area (Å²) < 4.78 is 92.2. The molecular weight excluding hydrogens is 455 g/mol. The Morgan fingerprint density at radius 3 is 2.15 bits per heavy atom. The predicted octanol–water partition coefficient (Wildman–Crippen LogP) is 5.45. The van der Waals surface area contributed by atoms with Gasteiger partial charge in [0.25, 0.3) is 0 Å². The molecule has 11 heteroatoms. The van der Waals surface area contributed by atoms with Crippen molar-refractivity contribution in [3.63, 3.8) is 0 Å². The minimum absolute atomic E-state index is 0.0519. The fourth-order valence-corrected chi connectivity index (χ4v) is 3.76. The van der Waals surface area contributed by atoms with Crippen LogP contribution in [-0.2, 0) is 18.9 Å². The molecule has 0 aliphatic carbocycles. The molecule has 1 atom stereocenters. The maximum atomic E-state index is 13.3. The van der Waals surface area contributed by atoms with E-state index in [2.05, 4.69) is 5.32 Å². The molecule has 1 unspecified atom stereocenters. The zero-order valence-corrected chi connectivity index (χ0v) is 17.6. The molecule has 33 heavy (non-hydrogen) atoms. The second kappa shape index (κ2) is 9.58. The molecule has 0 aromatic heterocycles. The number of nitrogens with zero attached hydrogens (tertiary/aromatic N) is 2. The van der Waals surface area contributed by atoms with E-state index in [4.69, 9.17) is 0 Å². The summed E-state index contributed by atoms with van der Waals surface area (Å²) in [6.07, 6.45) is -9.34. The van der Waals surface area contributed by atoms with Gasteiger partial charge in [0.2, 0.25) is 0 Å². The van der Waals surface area contributed by atoms with Crippen molar-refractivity contribution in [2.24, 2.45) is 0 Å². The highest BCUT2D eigenvalue weighted by Gasteiger charge is 2.37. The van der Waals surface area contributed by atoms with Crippen molar-refractivity contribution >= 4 is 6.03 Å². The van der Waals surface area contributed by atoms with Gasteiger partial charge in [-0.05, 0) is 54.4 Å². The third kappa shape index (κ3) is 6.16. The predicted molar refractivity (Wildman–Crippen MR) is 107 cm³/mol. The van der Waals surface area contributed by atoms with Crippen molar-refractivity contribution in [2.75, 3.05) is 26.7 Å². The lowest BCUT2D eigenvalue weighted by molar-refractivity contribution is -0.143. The third-order valence-corrected chi connectivity index (χ3v) is 5.36. The summed E-state index contributed by atoms with van der Waals surface area (Å²) in [7, 11) is 1.32. The van der Waals surface area contributed by atoms with Gasteiger partial charge in [-0.2, -0.15) is 26.3 Å². The first-order valence-corrected chi connectivity index (χ1v) is 10.1. The number of benzene rings is 2. The van der Waals surface area contributed by atoms with Crippen LogP contribution in [0.15, 0.2) is 42.5 Å². The molecule has 0 bridgehead atoms. The van der Waals surface area contributed by atoms with Gasteiger partial charge < -0.3 is 15.1 Å². The lowest BCUT2D eigenvalue weighted by atomic mass is 10.0. The van der Waals surface area contributed by atoms with Crippen LogP contribution >= 0.6 is 0 Å². The maximum absolute atomic E-state index is 13.3. The van der Waals surface area contributed by atoms with Crippen LogP contribution in [-0.4, -0.2) is 42.5 Å². The van der Waals surface area contributed by atoms with Crippen LogP contribution in [0.5, 0.6) is 0 Å². The molecule has 1 fully saturated rings. The SMILES string of the molecule is CN(Cc1cc(C(F)(F)F)cc(C(F)(F)F)c1)C(=O)N1CCCNCC1c1ccc(F)cc1. The Hall–Kier alpha value is -2.82. The number of carbonyl (C=O) groups is 1. The Bertz CT molecular complexity index is 941. The van der Waals surface area contributed by atoms with Crippen LogP contribution in [0.25, 0.3) is 0 Å². The Balaban J connectivity index is 1.87. The van der Waals surface area contributed by atoms with E-state index in [0.29, 0.717) is 43.8 Å². The van der Waals surface area contributed by atoms with Gasteiger partial charge in [0.15, 0.2) is 0 Å². The molecule has 2 aromatic rings. The van der Waals surface area contributed by atoms with E-state index in [1.807, 2.05) is 0 Å². The molecule has 1 heterocycles.